The van der Waals surface area contributed by atoms with Crippen LogP contribution in [0, 0.1) is 5.82 Å². The average Bonchev–Trinajstić information content (AvgIpc) is 2.37. The molecule has 0 amide bonds. The molecule has 0 fully saturated rings. The number of hydrogen-bond donors (Lipinski definition) is 2. The van der Waals surface area contributed by atoms with E-state index in [1.165, 1.54) is 6.07 Å². The van der Waals surface area contributed by atoms with Gasteiger partial charge in [0.25, 0.3) is 0 Å². The van der Waals surface area contributed by atoms with Crippen molar-refractivity contribution in [2.24, 2.45) is 0 Å². The maximum Gasteiger partial charge on any atom is 0.129 e. The summed E-state index contributed by atoms with van der Waals surface area (Å²) in [4.78, 5) is 0. The van der Waals surface area contributed by atoms with Gasteiger partial charge in [0.15, 0.2) is 0 Å². The number of nitrogens with one attached hydrogen (secondary N) is 1. The van der Waals surface area contributed by atoms with Crippen LogP contribution in [0.2, 0.25) is 5.02 Å². The SMILES string of the molecule is OCC(Nc1cccc(Cl)c1)c1ccc(Br)cc1F. The molecular weight excluding hydrogens is 333 g/mol. The number of aliphatic hydroxyl groups excluding tert-OH is 1. The number of anilines is 1. The first kappa shape index (κ1) is 14.3. The van der Waals surface area contributed by atoms with E-state index in [0.29, 0.717) is 15.1 Å². The molecule has 5 heteroatoms. The van der Waals surface area contributed by atoms with Crippen molar-refractivity contribution in [3.63, 3.8) is 0 Å². The Morgan fingerprint density at radius 1 is 1.26 bits per heavy atom. The van der Waals surface area contributed by atoms with E-state index < -0.39 is 6.04 Å². The third-order valence-corrected chi connectivity index (χ3v) is 3.41. The van der Waals surface area contributed by atoms with Gasteiger partial charge >= 0.3 is 0 Å². The van der Waals surface area contributed by atoms with Gasteiger partial charge in [0.1, 0.15) is 5.82 Å². The third kappa shape index (κ3) is 3.69. The number of rotatable bonds is 4. The zero-order valence-corrected chi connectivity index (χ0v) is 12.2. The van der Waals surface area contributed by atoms with E-state index >= 15 is 0 Å². The summed E-state index contributed by atoms with van der Waals surface area (Å²) in [5, 5.41) is 13.1. The molecule has 0 radical (unpaired) electrons. The van der Waals surface area contributed by atoms with E-state index in [0.717, 1.165) is 5.69 Å². The lowest BCUT2D eigenvalue weighted by molar-refractivity contribution is 0.274. The Morgan fingerprint density at radius 2 is 2.05 bits per heavy atom. The van der Waals surface area contributed by atoms with Crippen molar-refractivity contribution < 1.29 is 9.50 Å². The zero-order chi connectivity index (χ0) is 13.8. The summed E-state index contributed by atoms with van der Waals surface area (Å²) in [6, 6.07) is 11.3. The zero-order valence-electron chi connectivity index (χ0n) is 9.91. The van der Waals surface area contributed by atoms with Crippen LogP contribution < -0.4 is 5.32 Å². The molecule has 2 rings (SSSR count). The number of halogens is 3. The van der Waals surface area contributed by atoms with Crippen molar-refractivity contribution in [1.29, 1.82) is 0 Å². The maximum absolute atomic E-state index is 13.9. The van der Waals surface area contributed by atoms with Gasteiger partial charge in [0.05, 0.1) is 12.6 Å². The van der Waals surface area contributed by atoms with E-state index in [9.17, 15) is 9.50 Å². The summed E-state index contributed by atoms with van der Waals surface area (Å²) in [7, 11) is 0. The summed E-state index contributed by atoms with van der Waals surface area (Å²) >= 11 is 9.09. The molecule has 2 aromatic carbocycles. The average molecular weight is 345 g/mol. The van der Waals surface area contributed by atoms with Gasteiger partial charge in [-0.3, -0.25) is 0 Å². The lowest BCUT2D eigenvalue weighted by Crippen LogP contribution is -2.16. The first-order chi connectivity index (χ1) is 9.10. The van der Waals surface area contributed by atoms with Crippen molar-refractivity contribution in [3.8, 4) is 0 Å². The lowest BCUT2D eigenvalue weighted by Gasteiger charge is -2.19. The molecule has 0 heterocycles. The highest BCUT2D eigenvalue weighted by molar-refractivity contribution is 9.10. The highest BCUT2D eigenvalue weighted by Crippen LogP contribution is 2.25. The Bertz CT molecular complexity index is 579. The Balaban J connectivity index is 2.25. The van der Waals surface area contributed by atoms with Gasteiger partial charge in [-0.2, -0.15) is 0 Å². The maximum atomic E-state index is 13.9. The molecule has 1 atom stereocenters. The Morgan fingerprint density at radius 3 is 2.68 bits per heavy atom. The molecule has 2 nitrogen and oxygen atoms in total. The van der Waals surface area contributed by atoms with Gasteiger partial charge in [-0.05, 0) is 30.3 Å². The topological polar surface area (TPSA) is 32.3 Å². The molecule has 0 aliphatic rings. The number of hydrogen-bond acceptors (Lipinski definition) is 2. The van der Waals surface area contributed by atoms with Crippen LogP contribution in [0.1, 0.15) is 11.6 Å². The summed E-state index contributed by atoms with van der Waals surface area (Å²) in [6.45, 7) is -0.217. The van der Waals surface area contributed by atoms with E-state index in [1.807, 2.05) is 6.07 Å². The lowest BCUT2D eigenvalue weighted by atomic mass is 10.1. The summed E-state index contributed by atoms with van der Waals surface area (Å²) in [5.41, 5.74) is 1.14. The summed E-state index contributed by atoms with van der Waals surface area (Å²) < 4.78 is 14.5. The predicted molar refractivity (Wildman–Crippen MR) is 79.0 cm³/mol. The van der Waals surface area contributed by atoms with Crippen LogP contribution in [0.5, 0.6) is 0 Å². The van der Waals surface area contributed by atoms with Crippen LogP contribution in [0.15, 0.2) is 46.9 Å². The third-order valence-electron chi connectivity index (χ3n) is 2.69. The monoisotopic (exact) mass is 343 g/mol. The van der Waals surface area contributed by atoms with Crippen LogP contribution in [0.4, 0.5) is 10.1 Å². The number of aliphatic hydroxyl groups is 1. The van der Waals surface area contributed by atoms with E-state index in [4.69, 9.17) is 11.6 Å². The minimum Gasteiger partial charge on any atom is -0.394 e. The van der Waals surface area contributed by atoms with Crippen molar-refractivity contribution in [2.75, 3.05) is 11.9 Å². The Kier molecular flexibility index (Phi) is 4.80. The summed E-state index contributed by atoms with van der Waals surface area (Å²) in [5.74, 6) is -0.372. The molecule has 0 aliphatic heterocycles. The Labute approximate surface area is 124 Å². The summed E-state index contributed by atoms with van der Waals surface area (Å²) in [6.07, 6.45) is 0. The standard InChI is InChI=1S/C14H12BrClFNO/c15-9-4-5-12(13(17)6-9)14(8-19)18-11-3-1-2-10(16)7-11/h1-7,14,18-19H,8H2. The molecule has 100 valence electrons. The molecule has 2 aromatic rings. The van der Waals surface area contributed by atoms with Gasteiger partial charge in [0, 0.05) is 20.7 Å². The quantitative estimate of drug-likeness (QED) is 0.862. The van der Waals surface area contributed by atoms with Crippen LogP contribution >= 0.6 is 27.5 Å². The van der Waals surface area contributed by atoms with Crippen molar-refractivity contribution in [1.82, 2.24) is 0 Å². The van der Waals surface area contributed by atoms with E-state index in [-0.39, 0.29) is 12.4 Å². The molecule has 0 bridgehead atoms. The van der Waals surface area contributed by atoms with Crippen LogP contribution in [-0.4, -0.2) is 11.7 Å². The van der Waals surface area contributed by atoms with Crippen LogP contribution in [0.3, 0.4) is 0 Å². The molecular formula is C14H12BrClFNO. The first-order valence-electron chi connectivity index (χ1n) is 5.68. The first-order valence-corrected chi connectivity index (χ1v) is 6.85. The second kappa shape index (κ2) is 6.37. The minimum atomic E-state index is -0.522. The molecule has 0 aliphatic carbocycles. The molecule has 0 spiro atoms. The van der Waals surface area contributed by atoms with Gasteiger partial charge in [-0.15, -0.1) is 0 Å². The Hall–Kier alpha value is -1.10. The van der Waals surface area contributed by atoms with Crippen molar-refractivity contribution in [2.45, 2.75) is 6.04 Å². The number of benzene rings is 2. The minimum absolute atomic E-state index is 0.217. The smallest absolute Gasteiger partial charge is 0.129 e. The second-order valence-corrected chi connectivity index (χ2v) is 5.41. The van der Waals surface area contributed by atoms with Gasteiger partial charge in [-0.1, -0.05) is 39.7 Å². The fraction of sp³-hybridized carbons (Fsp3) is 0.143. The normalized spacial score (nSPS) is 12.2. The van der Waals surface area contributed by atoms with E-state index in [2.05, 4.69) is 21.2 Å². The van der Waals surface area contributed by atoms with Gasteiger partial charge in [-0.25, -0.2) is 4.39 Å². The molecule has 19 heavy (non-hydrogen) atoms. The van der Waals surface area contributed by atoms with Crippen LogP contribution in [0.25, 0.3) is 0 Å². The molecule has 0 aromatic heterocycles. The predicted octanol–water partition coefficient (Wildman–Crippen LogP) is 4.39. The largest absolute Gasteiger partial charge is 0.394 e. The second-order valence-electron chi connectivity index (χ2n) is 4.06. The van der Waals surface area contributed by atoms with Gasteiger partial charge < -0.3 is 10.4 Å². The molecule has 0 saturated heterocycles. The molecule has 2 N–H and O–H groups in total. The van der Waals surface area contributed by atoms with Crippen molar-refractivity contribution >= 4 is 33.2 Å². The van der Waals surface area contributed by atoms with Crippen molar-refractivity contribution in [3.05, 3.63) is 63.3 Å². The van der Waals surface area contributed by atoms with Crippen LogP contribution in [-0.2, 0) is 0 Å². The fourth-order valence-electron chi connectivity index (χ4n) is 1.79. The van der Waals surface area contributed by atoms with Gasteiger partial charge in [0.2, 0.25) is 0 Å². The molecule has 1 unspecified atom stereocenters. The van der Waals surface area contributed by atoms with E-state index in [1.54, 1.807) is 30.3 Å². The highest BCUT2D eigenvalue weighted by Gasteiger charge is 2.15. The fourth-order valence-corrected chi connectivity index (χ4v) is 2.31. The highest BCUT2D eigenvalue weighted by atomic mass is 79.9. The molecule has 0 saturated carbocycles.